The van der Waals surface area contributed by atoms with Gasteiger partial charge < -0.3 is 40.3 Å². The highest BCUT2D eigenvalue weighted by Crippen LogP contribution is 2.22. The molecule has 0 bridgehead atoms. The lowest BCUT2D eigenvalue weighted by Gasteiger charge is -2.40. The van der Waals surface area contributed by atoms with E-state index in [1.165, 1.54) is 32.1 Å². The minimum atomic E-state index is -1.58. The molecule has 9 heteroatoms. The minimum Gasteiger partial charge on any atom is -0.394 e. The Morgan fingerprint density at radius 2 is 0.913 bits per heavy atom. The smallest absolute Gasteiger partial charge is 0.220 e. The fraction of sp³-hybridized carbons (Fsp3) is 0.583. The molecular weight excluding hydrogens is 863 g/mol. The maximum absolute atomic E-state index is 13.0. The van der Waals surface area contributed by atoms with Crippen molar-refractivity contribution in [2.75, 3.05) is 13.2 Å². The quantitative estimate of drug-likeness (QED) is 0.0262. The van der Waals surface area contributed by atoms with E-state index in [0.29, 0.717) is 12.8 Å². The van der Waals surface area contributed by atoms with Crippen LogP contribution < -0.4 is 5.32 Å². The highest BCUT2D eigenvalue weighted by atomic mass is 16.7. The van der Waals surface area contributed by atoms with E-state index in [2.05, 4.69) is 153 Å². The molecule has 0 aliphatic carbocycles. The first-order chi connectivity index (χ1) is 33.8. The maximum Gasteiger partial charge on any atom is 0.220 e. The lowest BCUT2D eigenvalue weighted by atomic mass is 9.99. The summed E-state index contributed by atoms with van der Waals surface area (Å²) in [5, 5.41) is 54.2. The molecule has 69 heavy (non-hydrogen) atoms. The molecule has 1 aliphatic heterocycles. The number of amides is 1. The summed E-state index contributed by atoms with van der Waals surface area (Å²) in [6.07, 6.45) is 67.7. The molecule has 7 atom stereocenters. The van der Waals surface area contributed by atoms with Crippen LogP contribution in [-0.4, -0.2) is 87.5 Å². The SMILES string of the molecule is CC/C=C\C/C=C\C/C=C\C/C=C\C/C=C\C/C=C\C/C=C\C/C=C\C/C=C\C/C=C\CCCCCCC(=O)NC(COC1OC(CO)C(O)C(O)C1O)C(O)/C=C/CC/C=C/CCCCCCC. The number of hydrogen-bond donors (Lipinski definition) is 6. The van der Waals surface area contributed by atoms with Crippen LogP contribution in [-0.2, 0) is 14.3 Å². The van der Waals surface area contributed by atoms with E-state index >= 15 is 0 Å². The molecule has 0 aromatic heterocycles. The Labute approximate surface area is 419 Å². The second-order valence-electron chi connectivity index (χ2n) is 17.6. The number of aliphatic hydroxyl groups is 5. The zero-order chi connectivity index (χ0) is 50.1. The van der Waals surface area contributed by atoms with Crippen molar-refractivity contribution in [1.29, 1.82) is 0 Å². The van der Waals surface area contributed by atoms with Crippen molar-refractivity contribution in [2.45, 2.75) is 211 Å². The van der Waals surface area contributed by atoms with Crippen molar-refractivity contribution in [2.24, 2.45) is 0 Å². The normalized spacial score (nSPS) is 20.7. The highest BCUT2D eigenvalue weighted by molar-refractivity contribution is 5.76. The molecule has 7 unspecified atom stereocenters. The monoisotopic (exact) mass is 958 g/mol. The molecule has 1 amide bonds. The average molecular weight is 958 g/mol. The van der Waals surface area contributed by atoms with Gasteiger partial charge >= 0.3 is 0 Å². The van der Waals surface area contributed by atoms with Gasteiger partial charge in [0.1, 0.15) is 24.4 Å². The summed E-state index contributed by atoms with van der Waals surface area (Å²) in [6, 6.07) is -0.845. The Balaban J connectivity index is 2.24. The van der Waals surface area contributed by atoms with Crippen LogP contribution in [0.5, 0.6) is 0 Å². The van der Waals surface area contributed by atoms with Crippen molar-refractivity contribution in [3.05, 3.63) is 146 Å². The predicted molar refractivity (Wildman–Crippen MR) is 289 cm³/mol. The summed E-state index contributed by atoms with van der Waals surface area (Å²) in [5.74, 6) is -0.221. The number of unbranched alkanes of at least 4 members (excludes halogenated alkanes) is 10. The summed E-state index contributed by atoms with van der Waals surface area (Å²) in [7, 11) is 0. The van der Waals surface area contributed by atoms with Gasteiger partial charge in [-0.2, -0.15) is 0 Å². The van der Waals surface area contributed by atoms with Gasteiger partial charge in [-0.1, -0.05) is 198 Å². The third-order valence-electron chi connectivity index (χ3n) is 11.4. The number of carbonyl (C=O) groups is 1. The van der Waals surface area contributed by atoms with Crippen LogP contribution in [0.1, 0.15) is 168 Å². The van der Waals surface area contributed by atoms with E-state index in [4.69, 9.17) is 9.47 Å². The predicted octanol–water partition coefficient (Wildman–Crippen LogP) is 12.7. The number of aliphatic hydroxyl groups excluding tert-OH is 5. The van der Waals surface area contributed by atoms with Gasteiger partial charge in [0.2, 0.25) is 5.91 Å². The Kier molecular flexibility index (Phi) is 43.6. The first-order valence-electron chi connectivity index (χ1n) is 26.6. The molecule has 6 N–H and O–H groups in total. The van der Waals surface area contributed by atoms with E-state index in [-0.39, 0.29) is 12.5 Å². The molecule has 9 nitrogen and oxygen atoms in total. The van der Waals surface area contributed by atoms with Gasteiger partial charge in [-0.15, -0.1) is 0 Å². The number of carbonyl (C=O) groups excluding carboxylic acids is 1. The van der Waals surface area contributed by atoms with Crippen LogP contribution in [0.25, 0.3) is 0 Å². The molecule has 388 valence electrons. The summed E-state index contributed by atoms with van der Waals surface area (Å²) in [5.41, 5.74) is 0. The molecule has 0 aromatic rings. The number of allylic oxidation sites excluding steroid dienone is 23. The lowest BCUT2D eigenvalue weighted by Crippen LogP contribution is -2.60. The fourth-order valence-electron chi connectivity index (χ4n) is 7.20. The molecule has 0 saturated carbocycles. The van der Waals surface area contributed by atoms with Crippen LogP contribution in [0, 0.1) is 0 Å². The van der Waals surface area contributed by atoms with Crippen LogP contribution in [0.3, 0.4) is 0 Å². The zero-order valence-electron chi connectivity index (χ0n) is 42.7. The number of hydrogen-bond acceptors (Lipinski definition) is 8. The third-order valence-corrected chi connectivity index (χ3v) is 11.4. The minimum absolute atomic E-state index is 0.221. The average Bonchev–Trinajstić information content (AvgIpc) is 3.35. The molecule has 1 rings (SSSR count). The van der Waals surface area contributed by atoms with Crippen molar-refractivity contribution < 1.29 is 39.8 Å². The van der Waals surface area contributed by atoms with E-state index in [9.17, 15) is 30.3 Å². The van der Waals surface area contributed by atoms with Crippen molar-refractivity contribution >= 4 is 5.91 Å². The Morgan fingerprint density at radius 3 is 1.38 bits per heavy atom. The Bertz CT molecular complexity index is 1580. The number of rotatable bonds is 42. The fourth-order valence-corrected chi connectivity index (χ4v) is 7.20. The van der Waals surface area contributed by atoms with E-state index in [1.54, 1.807) is 6.08 Å². The zero-order valence-corrected chi connectivity index (χ0v) is 42.7. The Morgan fingerprint density at radius 1 is 0.507 bits per heavy atom. The van der Waals surface area contributed by atoms with Crippen LogP contribution in [0.4, 0.5) is 0 Å². The van der Waals surface area contributed by atoms with Gasteiger partial charge in [0.25, 0.3) is 0 Å². The molecular formula is C60H95NO8. The van der Waals surface area contributed by atoms with Gasteiger partial charge in [0, 0.05) is 6.42 Å². The largest absolute Gasteiger partial charge is 0.394 e. The van der Waals surface area contributed by atoms with Crippen molar-refractivity contribution in [3.8, 4) is 0 Å². The molecule has 1 aliphatic rings. The third kappa shape index (κ3) is 37.6. The van der Waals surface area contributed by atoms with Crippen molar-refractivity contribution in [1.82, 2.24) is 5.32 Å². The van der Waals surface area contributed by atoms with Gasteiger partial charge in [-0.25, -0.2) is 0 Å². The van der Waals surface area contributed by atoms with Gasteiger partial charge in [-0.05, 0) is 109 Å². The summed E-state index contributed by atoms with van der Waals surface area (Å²) >= 11 is 0. The number of ether oxygens (including phenoxy) is 2. The molecule has 1 heterocycles. The molecule has 0 spiro atoms. The standard InChI is InChI=1S/C60H95NO8/c1-3-5-7-9-11-13-15-16-17-18-19-20-21-22-23-24-25-26-27-28-29-30-31-32-33-34-35-36-37-38-40-42-44-46-48-50-56(64)61-53(52-68-60-59(67)58(66)57(65)55(51-62)69-60)54(63)49-47-45-43-41-39-14-12-10-8-6-4-2/h5,7,11,13,16-17,19-20,22-23,25-26,28-29,31-32,34-35,37-39,41,47,49,53-55,57-60,62-63,65-67H,3-4,6,8-10,12,14-15,18,21,24,27,30,33,36,40,42-46,48,50-52H2,1-2H3,(H,61,64)/b7-5-,13-11-,17-16-,20-19-,23-22-,26-25-,29-28-,32-31-,35-34-,38-37-,41-39+,49-47+. The number of nitrogens with one attached hydrogen (secondary N) is 1. The van der Waals surface area contributed by atoms with Crippen LogP contribution >= 0.6 is 0 Å². The second-order valence-corrected chi connectivity index (χ2v) is 17.6. The first kappa shape index (κ1) is 63.1. The van der Waals surface area contributed by atoms with Gasteiger partial charge in [0.15, 0.2) is 6.29 Å². The summed E-state index contributed by atoms with van der Waals surface area (Å²) in [4.78, 5) is 13.0. The second kappa shape index (κ2) is 47.7. The van der Waals surface area contributed by atoms with E-state index in [0.717, 1.165) is 109 Å². The molecule has 1 fully saturated rings. The van der Waals surface area contributed by atoms with Gasteiger partial charge in [-0.3, -0.25) is 4.79 Å². The summed E-state index contributed by atoms with van der Waals surface area (Å²) in [6.45, 7) is 3.57. The van der Waals surface area contributed by atoms with E-state index in [1.807, 2.05) is 6.08 Å². The van der Waals surface area contributed by atoms with E-state index < -0.39 is 49.5 Å². The molecule has 1 saturated heterocycles. The topological polar surface area (TPSA) is 149 Å². The van der Waals surface area contributed by atoms with Crippen LogP contribution in [0.15, 0.2) is 146 Å². The lowest BCUT2D eigenvalue weighted by molar-refractivity contribution is -0.302. The highest BCUT2D eigenvalue weighted by Gasteiger charge is 2.44. The Hall–Kier alpha value is -3.93. The first-order valence-corrected chi connectivity index (χ1v) is 26.6. The summed E-state index contributed by atoms with van der Waals surface area (Å²) < 4.78 is 11.2. The maximum atomic E-state index is 13.0. The molecule has 0 radical (unpaired) electrons. The van der Waals surface area contributed by atoms with Crippen LogP contribution in [0.2, 0.25) is 0 Å². The van der Waals surface area contributed by atoms with Crippen molar-refractivity contribution in [3.63, 3.8) is 0 Å². The van der Waals surface area contributed by atoms with Gasteiger partial charge in [0.05, 0.1) is 25.4 Å². The molecule has 0 aromatic carbocycles.